The number of ketones is 1. The molecule has 0 saturated heterocycles. The highest BCUT2D eigenvalue weighted by Crippen LogP contribution is 2.26. The molecule has 2 rings (SSSR count). The van der Waals surface area contributed by atoms with Crippen molar-refractivity contribution in [3.8, 4) is 11.5 Å². The average molecular weight is 262 g/mol. The number of benzene rings is 1. The first-order chi connectivity index (χ1) is 9.29. The summed E-state index contributed by atoms with van der Waals surface area (Å²) in [6.07, 6.45) is 5.06. The lowest BCUT2D eigenvalue weighted by atomic mass is 10.0. The van der Waals surface area contributed by atoms with E-state index in [9.17, 15) is 4.79 Å². The van der Waals surface area contributed by atoms with Crippen LogP contribution in [0, 0.1) is 5.92 Å². The van der Waals surface area contributed by atoms with E-state index in [-0.39, 0.29) is 0 Å². The van der Waals surface area contributed by atoms with E-state index < -0.39 is 0 Å². The van der Waals surface area contributed by atoms with Gasteiger partial charge in [0, 0.05) is 18.4 Å². The van der Waals surface area contributed by atoms with Gasteiger partial charge in [0.25, 0.3) is 0 Å². The van der Waals surface area contributed by atoms with E-state index in [0.29, 0.717) is 31.3 Å². The Morgan fingerprint density at radius 2 is 1.89 bits per heavy atom. The van der Waals surface area contributed by atoms with Crippen molar-refractivity contribution in [2.45, 2.75) is 39.0 Å². The maximum Gasteiger partial charge on any atom is 0.139 e. The zero-order valence-electron chi connectivity index (χ0n) is 11.6. The minimum atomic E-state index is 0.290. The summed E-state index contributed by atoms with van der Waals surface area (Å²) >= 11 is 0. The molecular formula is C16H22O3. The van der Waals surface area contributed by atoms with Crippen molar-refractivity contribution in [1.29, 1.82) is 0 Å². The third kappa shape index (κ3) is 4.27. The molecule has 19 heavy (non-hydrogen) atoms. The third-order valence-corrected chi connectivity index (χ3v) is 3.54. The summed E-state index contributed by atoms with van der Waals surface area (Å²) < 4.78 is 11.0. The van der Waals surface area contributed by atoms with Gasteiger partial charge in [-0.15, -0.1) is 0 Å². The molecule has 0 unspecified atom stereocenters. The lowest BCUT2D eigenvalue weighted by Crippen LogP contribution is -2.14. The number of ether oxygens (including phenoxy) is 2. The summed E-state index contributed by atoms with van der Waals surface area (Å²) in [5.74, 6) is 2.23. The second kappa shape index (κ2) is 7.17. The van der Waals surface area contributed by atoms with Gasteiger partial charge >= 0.3 is 0 Å². The van der Waals surface area contributed by atoms with Crippen molar-refractivity contribution in [1.82, 2.24) is 0 Å². The van der Waals surface area contributed by atoms with Gasteiger partial charge in [0.15, 0.2) is 0 Å². The number of hydrogen-bond donors (Lipinski definition) is 0. The largest absolute Gasteiger partial charge is 0.494 e. The molecule has 1 aromatic rings. The molecule has 3 nitrogen and oxygen atoms in total. The maximum atomic E-state index is 11.9. The molecule has 0 radical (unpaired) electrons. The van der Waals surface area contributed by atoms with E-state index in [1.807, 2.05) is 31.2 Å². The molecule has 0 aliphatic heterocycles. The van der Waals surface area contributed by atoms with Crippen molar-refractivity contribution in [3.05, 3.63) is 24.3 Å². The van der Waals surface area contributed by atoms with Gasteiger partial charge in [-0.1, -0.05) is 18.9 Å². The highest BCUT2D eigenvalue weighted by molar-refractivity contribution is 5.81. The fraction of sp³-hybridized carbons (Fsp3) is 0.562. The van der Waals surface area contributed by atoms with Gasteiger partial charge in [-0.05, 0) is 31.9 Å². The highest BCUT2D eigenvalue weighted by Gasteiger charge is 2.21. The molecule has 1 fully saturated rings. The molecule has 3 heteroatoms. The minimum Gasteiger partial charge on any atom is -0.494 e. The molecule has 1 aromatic carbocycles. The Balaban J connectivity index is 1.75. The van der Waals surface area contributed by atoms with Gasteiger partial charge in [0.1, 0.15) is 17.3 Å². The summed E-state index contributed by atoms with van der Waals surface area (Å²) in [7, 11) is 0. The average Bonchev–Trinajstić information content (AvgIpc) is 2.93. The minimum absolute atomic E-state index is 0.290. The molecule has 1 saturated carbocycles. The maximum absolute atomic E-state index is 11.9. The van der Waals surface area contributed by atoms with Crippen LogP contribution in [0.25, 0.3) is 0 Å². The van der Waals surface area contributed by atoms with Crippen LogP contribution in [0.4, 0.5) is 0 Å². The van der Waals surface area contributed by atoms with Crippen LogP contribution in [0.1, 0.15) is 39.0 Å². The van der Waals surface area contributed by atoms with Crippen LogP contribution in [0.15, 0.2) is 24.3 Å². The van der Waals surface area contributed by atoms with E-state index in [2.05, 4.69) is 0 Å². The van der Waals surface area contributed by atoms with Crippen LogP contribution in [0.2, 0.25) is 0 Å². The molecular weight excluding hydrogens is 240 g/mol. The molecule has 104 valence electrons. The molecule has 0 N–H and O–H groups in total. The van der Waals surface area contributed by atoms with Crippen LogP contribution in [-0.4, -0.2) is 19.0 Å². The van der Waals surface area contributed by atoms with Gasteiger partial charge in [-0.3, -0.25) is 4.79 Å². The number of rotatable bonds is 7. The molecule has 0 aromatic heterocycles. The molecule has 1 aliphatic rings. The van der Waals surface area contributed by atoms with Crippen molar-refractivity contribution in [3.63, 3.8) is 0 Å². The lowest BCUT2D eigenvalue weighted by molar-refractivity contribution is -0.123. The number of carbonyl (C=O) groups is 1. The van der Waals surface area contributed by atoms with Crippen LogP contribution < -0.4 is 9.47 Å². The SMILES string of the molecule is CCOc1cccc(OCCC(=O)C2CCCC2)c1. The van der Waals surface area contributed by atoms with E-state index in [0.717, 1.165) is 24.3 Å². The van der Waals surface area contributed by atoms with E-state index >= 15 is 0 Å². The fourth-order valence-electron chi connectivity index (χ4n) is 2.54. The third-order valence-electron chi connectivity index (χ3n) is 3.54. The standard InChI is InChI=1S/C16H22O3/c1-2-18-14-8-5-9-15(12-14)19-11-10-16(17)13-6-3-4-7-13/h5,8-9,12-13H,2-4,6-7,10-11H2,1H3. The van der Waals surface area contributed by atoms with Gasteiger partial charge in [-0.25, -0.2) is 0 Å². The number of hydrogen-bond acceptors (Lipinski definition) is 3. The molecule has 0 amide bonds. The molecule has 0 atom stereocenters. The van der Waals surface area contributed by atoms with Crippen LogP contribution >= 0.6 is 0 Å². The fourth-order valence-corrected chi connectivity index (χ4v) is 2.54. The van der Waals surface area contributed by atoms with Crippen molar-refractivity contribution >= 4 is 5.78 Å². The van der Waals surface area contributed by atoms with Gasteiger partial charge in [-0.2, -0.15) is 0 Å². The normalized spacial score (nSPS) is 15.4. The molecule has 0 spiro atoms. The summed E-state index contributed by atoms with van der Waals surface area (Å²) in [6.45, 7) is 3.06. The van der Waals surface area contributed by atoms with Gasteiger partial charge in [0.2, 0.25) is 0 Å². The second-order valence-corrected chi connectivity index (χ2v) is 4.95. The summed E-state index contributed by atoms with van der Waals surface area (Å²) in [4.78, 5) is 11.9. The van der Waals surface area contributed by atoms with E-state index in [4.69, 9.17) is 9.47 Å². The Morgan fingerprint density at radius 3 is 2.58 bits per heavy atom. The van der Waals surface area contributed by atoms with Crippen LogP contribution in [-0.2, 0) is 4.79 Å². The summed E-state index contributed by atoms with van der Waals surface area (Å²) in [5.41, 5.74) is 0. The van der Waals surface area contributed by atoms with Crippen LogP contribution in [0.5, 0.6) is 11.5 Å². The Kier molecular flexibility index (Phi) is 5.25. The van der Waals surface area contributed by atoms with Crippen LogP contribution in [0.3, 0.4) is 0 Å². The summed E-state index contributed by atoms with van der Waals surface area (Å²) in [6, 6.07) is 7.56. The Hall–Kier alpha value is -1.51. The monoisotopic (exact) mass is 262 g/mol. The number of carbonyl (C=O) groups excluding carboxylic acids is 1. The first kappa shape index (κ1) is 13.9. The second-order valence-electron chi connectivity index (χ2n) is 4.95. The van der Waals surface area contributed by atoms with Crippen molar-refractivity contribution in [2.75, 3.05) is 13.2 Å². The summed E-state index contributed by atoms with van der Waals surface area (Å²) in [5, 5.41) is 0. The topological polar surface area (TPSA) is 35.5 Å². The molecule has 1 aliphatic carbocycles. The zero-order valence-corrected chi connectivity index (χ0v) is 11.6. The Labute approximate surface area is 114 Å². The zero-order chi connectivity index (χ0) is 13.5. The van der Waals surface area contributed by atoms with Crippen molar-refractivity contribution in [2.24, 2.45) is 5.92 Å². The van der Waals surface area contributed by atoms with Gasteiger partial charge in [0.05, 0.1) is 13.2 Å². The molecule has 0 heterocycles. The van der Waals surface area contributed by atoms with E-state index in [1.165, 1.54) is 12.8 Å². The Bertz CT molecular complexity index is 408. The first-order valence-electron chi connectivity index (χ1n) is 7.18. The predicted octanol–water partition coefficient (Wildman–Crippen LogP) is 3.61. The molecule has 0 bridgehead atoms. The smallest absolute Gasteiger partial charge is 0.139 e. The lowest BCUT2D eigenvalue weighted by Gasteiger charge is -2.10. The van der Waals surface area contributed by atoms with Gasteiger partial charge < -0.3 is 9.47 Å². The van der Waals surface area contributed by atoms with E-state index in [1.54, 1.807) is 0 Å². The Morgan fingerprint density at radius 1 is 1.21 bits per heavy atom. The number of Topliss-reactive ketones (excluding diaryl/α,β-unsaturated/α-hetero) is 1. The predicted molar refractivity (Wildman–Crippen MR) is 74.7 cm³/mol. The first-order valence-corrected chi connectivity index (χ1v) is 7.18. The highest BCUT2D eigenvalue weighted by atomic mass is 16.5. The van der Waals surface area contributed by atoms with Crippen molar-refractivity contribution < 1.29 is 14.3 Å². The quantitative estimate of drug-likeness (QED) is 0.753.